The Hall–Kier alpha value is -3.53. The van der Waals surface area contributed by atoms with E-state index in [0.717, 1.165) is 29.1 Å². The molecule has 0 radical (unpaired) electrons. The number of fused-ring (bicyclic) bond motifs is 3. The molecule has 1 heterocycles. The van der Waals surface area contributed by atoms with E-state index >= 15 is 0 Å². The van der Waals surface area contributed by atoms with E-state index in [2.05, 4.69) is 35.7 Å². The van der Waals surface area contributed by atoms with Gasteiger partial charge in [-0.3, -0.25) is 4.79 Å². The number of carbonyl (C=O) groups excluding carboxylic acids is 1. The van der Waals surface area contributed by atoms with Crippen LogP contribution in [0.5, 0.6) is 5.75 Å². The van der Waals surface area contributed by atoms with Crippen molar-refractivity contribution in [3.63, 3.8) is 0 Å². The van der Waals surface area contributed by atoms with Crippen molar-refractivity contribution in [3.8, 4) is 5.75 Å². The van der Waals surface area contributed by atoms with Crippen LogP contribution in [0.1, 0.15) is 46.8 Å². The summed E-state index contributed by atoms with van der Waals surface area (Å²) in [4.78, 5) is 15.6. The molecule has 0 spiro atoms. The highest BCUT2D eigenvalue weighted by Crippen LogP contribution is 2.52. The van der Waals surface area contributed by atoms with Crippen LogP contribution in [-0.2, 0) is 0 Å². The molecule has 3 atom stereocenters. The maximum atomic E-state index is 13.7. The lowest BCUT2D eigenvalue weighted by atomic mass is 9.76. The van der Waals surface area contributed by atoms with Gasteiger partial charge in [0.15, 0.2) is 0 Å². The second-order valence-electron chi connectivity index (χ2n) is 8.37. The van der Waals surface area contributed by atoms with Gasteiger partial charge < -0.3 is 15.0 Å². The van der Waals surface area contributed by atoms with Crippen LogP contribution in [0.25, 0.3) is 0 Å². The molecule has 1 aliphatic heterocycles. The molecule has 162 valence electrons. The topological polar surface area (TPSA) is 41.6 Å². The number of rotatable bonds is 5. The van der Waals surface area contributed by atoms with E-state index < -0.39 is 0 Å². The number of nitrogens with zero attached hydrogens (tertiary/aromatic N) is 1. The highest BCUT2D eigenvalue weighted by molar-refractivity contribution is 6.10. The lowest BCUT2D eigenvalue weighted by molar-refractivity contribution is 0.0988. The van der Waals surface area contributed by atoms with Gasteiger partial charge in [0.25, 0.3) is 5.91 Å². The molecule has 5 rings (SSSR count). The van der Waals surface area contributed by atoms with Crippen LogP contribution in [0.15, 0.2) is 84.9 Å². The molecule has 32 heavy (non-hydrogen) atoms. The molecule has 2 aliphatic rings. The molecule has 4 heteroatoms. The Morgan fingerprint density at radius 3 is 2.53 bits per heavy atom. The van der Waals surface area contributed by atoms with Crippen molar-refractivity contribution < 1.29 is 9.53 Å². The Labute approximate surface area is 189 Å². The van der Waals surface area contributed by atoms with E-state index in [1.807, 2.05) is 66.4 Å². The zero-order valence-electron chi connectivity index (χ0n) is 18.5. The zero-order chi connectivity index (χ0) is 22.1. The number of para-hydroxylation sites is 3. The third-order valence-electron chi connectivity index (χ3n) is 6.73. The minimum atomic E-state index is 0.0160. The SMILES string of the molecule is CCN(C(=O)c1cccc2c1NC(c1ccccc1OC)C1CC=CC21)c1ccccc1. The number of benzene rings is 3. The van der Waals surface area contributed by atoms with Crippen LogP contribution < -0.4 is 15.0 Å². The van der Waals surface area contributed by atoms with Crippen molar-refractivity contribution in [2.24, 2.45) is 5.92 Å². The highest BCUT2D eigenvalue weighted by atomic mass is 16.5. The van der Waals surface area contributed by atoms with Gasteiger partial charge in [0.2, 0.25) is 0 Å². The number of hydrogen-bond donors (Lipinski definition) is 1. The number of hydrogen-bond acceptors (Lipinski definition) is 3. The molecular weight excluding hydrogens is 396 g/mol. The smallest absolute Gasteiger partial charge is 0.260 e. The van der Waals surface area contributed by atoms with Gasteiger partial charge >= 0.3 is 0 Å². The van der Waals surface area contributed by atoms with Crippen LogP contribution in [0.4, 0.5) is 11.4 Å². The Morgan fingerprint density at radius 1 is 1.00 bits per heavy atom. The third kappa shape index (κ3) is 3.36. The van der Waals surface area contributed by atoms with Crippen LogP contribution in [0, 0.1) is 5.92 Å². The average molecular weight is 425 g/mol. The van der Waals surface area contributed by atoms with Crippen molar-refractivity contribution in [2.75, 3.05) is 23.9 Å². The molecule has 4 nitrogen and oxygen atoms in total. The van der Waals surface area contributed by atoms with Gasteiger partial charge in [-0.2, -0.15) is 0 Å². The molecule has 3 aromatic carbocycles. The van der Waals surface area contributed by atoms with E-state index in [4.69, 9.17) is 4.74 Å². The third-order valence-corrected chi connectivity index (χ3v) is 6.73. The van der Waals surface area contributed by atoms with E-state index in [9.17, 15) is 4.79 Å². The Bertz CT molecular complexity index is 1160. The molecule has 1 N–H and O–H groups in total. The summed E-state index contributed by atoms with van der Waals surface area (Å²) in [6.45, 7) is 2.62. The fourth-order valence-electron chi connectivity index (χ4n) is 5.23. The first kappa shape index (κ1) is 20.4. The predicted octanol–water partition coefficient (Wildman–Crippen LogP) is 6.19. The first-order valence-electron chi connectivity index (χ1n) is 11.3. The molecular formula is C28H28N2O2. The monoisotopic (exact) mass is 424 g/mol. The molecule has 0 fully saturated rings. The second kappa shape index (κ2) is 8.54. The summed E-state index contributed by atoms with van der Waals surface area (Å²) in [7, 11) is 1.72. The maximum absolute atomic E-state index is 13.7. The van der Waals surface area contributed by atoms with Gasteiger partial charge in [0.1, 0.15) is 5.75 Å². The number of nitrogens with one attached hydrogen (secondary N) is 1. The summed E-state index contributed by atoms with van der Waals surface area (Å²) in [5.41, 5.74) is 4.90. The van der Waals surface area contributed by atoms with Gasteiger partial charge in [0.05, 0.1) is 24.4 Å². The van der Waals surface area contributed by atoms with Gasteiger partial charge in [-0.05, 0) is 49.1 Å². The summed E-state index contributed by atoms with van der Waals surface area (Å²) in [5.74, 6) is 1.56. The van der Waals surface area contributed by atoms with E-state index in [0.29, 0.717) is 18.0 Å². The molecule has 0 bridgehead atoms. The average Bonchev–Trinajstić information content (AvgIpc) is 3.34. The zero-order valence-corrected chi connectivity index (χ0v) is 18.5. The van der Waals surface area contributed by atoms with Gasteiger partial charge in [-0.15, -0.1) is 0 Å². The number of methoxy groups -OCH3 is 1. The van der Waals surface area contributed by atoms with Gasteiger partial charge in [-0.1, -0.05) is 60.7 Å². The summed E-state index contributed by atoms with van der Waals surface area (Å²) in [6, 6.07) is 24.2. The van der Waals surface area contributed by atoms with Crippen molar-refractivity contribution in [1.29, 1.82) is 0 Å². The fraction of sp³-hybridized carbons (Fsp3) is 0.250. The van der Waals surface area contributed by atoms with Crippen LogP contribution in [0.3, 0.4) is 0 Å². The Kier molecular flexibility index (Phi) is 5.44. The van der Waals surface area contributed by atoms with E-state index in [1.54, 1.807) is 7.11 Å². The molecule has 0 saturated heterocycles. The number of ether oxygens (including phenoxy) is 1. The Morgan fingerprint density at radius 2 is 1.75 bits per heavy atom. The number of amides is 1. The lowest BCUT2D eigenvalue weighted by Gasteiger charge is -2.39. The van der Waals surface area contributed by atoms with Crippen LogP contribution in [0.2, 0.25) is 0 Å². The molecule has 1 aliphatic carbocycles. The van der Waals surface area contributed by atoms with Crippen LogP contribution in [-0.4, -0.2) is 19.6 Å². The normalized spacial score (nSPS) is 20.8. The van der Waals surface area contributed by atoms with Crippen molar-refractivity contribution >= 4 is 17.3 Å². The molecule has 3 unspecified atom stereocenters. The minimum absolute atomic E-state index is 0.0160. The quantitative estimate of drug-likeness (QED) is 0.497. The summed E-state index contributed by atoms with van der Waals surface area (Å²) in [6.07, 6.45) is 5.57. The van der Waals surface area contributed by atoms with Crippen molar-refractivity contribution in [3.05, 3.63) is 102 Å². The Balaban J connectivity index is 1.59. The highest BCUT2D eigenvalue weighted by Gasteiger charge is 2.40. The predicted molar refractivity (Wildman–Crippen MR) is 130 cm³/mol. The van der Waals surface area contributed by atoms with Gasteiger partial charge in [0, 0.05) is 23.7 Å². The fourth-order valence-corrected chi connectivity index (χ4v) is 5.23. The molecule has 0 saturated carbocycles. The molecule has 3 aromatic rings. The summed E-state index contributed by atoms with van der Waals surface area (Å²) >= 11 is 0. The van der Waals surface area contributed by atoms with Crippen molar-refractivity contribution in [1.82, 2.24) is 0 Å². The standard InChI is InChI=1S/C28H28N2O2/c1-3-30(19-11-5-4-6-12-19)28(31)24-17-10-16-22-20-14-9-15-21(20)26(29-27(22)24)23-13-7-8-18-25(23)32-2/h4-14,16-18,20-21,26,29H,3,15H2,1-2H3. The van der Waals surface area contributed by atoms with Gasteiger partial charge in [-0.25, -0.2) is 0 Å². The number of anilines is 2. The summed E-state index contributed by atoms with van der Waals surface area (Å²) in [5, 5.41) is 3.77. The number of carbonyl (C=O) groups is 1. The first-order chi connectivity index (χ1) is 15.7. The summed E-state index contributed by atoms with van der Waals surface area (Å²) < 4.78 is 5.69. The maximum Gasteiger partial charge on any atom is 0.260 e. The largest absolute Gasteiger partial charge is 0.496 e. The second-order valence-corrected chi connectivity index (χ2v) is 8.37. The van der Waals surface area contributed by atoms with Crippen LogP contribution >= 0.6 is 0 Å². The van der Waals surface area contributed by atoms with E-state index in [-0.39, 0.29) is 17.9 Å². The lowest BCUT2D eigenvalue weighted by Crippen LogP contribution is -2.34. The van der Waals surface area contributed by atoms with E-state index in [1.165, 1.54) is 5.56 Å². The first-order valence-corrected chi connectivity index (χ1v) is 11.3. The number of allylic oxidation sites excluding steroid dienone is 2. The minimum Gasteiger partial charge on any atom is -0.496 e. The molecule has 0 aromatic heterocycles. The molecule has 1 amide bonds. The van der Waals surface area contributed by atoms with Crippen molar-refractivity contribution in [2.45, 2.75) is 25.3 Å².